The number of carboxylic acids is 1. The summed E-state index contributed by atoms with van der Waals surface area (Å²) >= 11 is 0. The van der Waals surface area contributed by atoms with Crippen molar-refractivity contribution in [3.8, 4) is 11.5 Å². The van der Waals surface area contributed by atoms with Crippen LogP contribution in [0.5, 0.6) is 11.5 Å². The molecule has 1 aliphatic heterocycles. The molecule has 0 fully saturated rings. The number of hydrogen-bond donors (Lipinski definition) is 2. The van der Waals surface area contributed by atoms with E-state index in [9.17, 15) is 14.7 Å². The number of hydrogen-bond acceptors (Lipinski definition) is 5. The van der Waals surface area contributed by atoms with Crippen LogP contribution in [0.4, 0.5) is 0 Å². The molecule has 6 heteroatoms. The maximum Gasteiger partial charge on any atom is 0.342 e. The minimum atomic E-state index is -0.820. The van der Waals surface area contributed by atoms with Crippen LogP contribution in [0, 0.1) is 12.3 Å². The number of esters is 1. The molecule has 0 saturated heterocycles. The summed E-state index contributed by atoms with van der Waals surface area (Å²) in [5, 5.41) is 19.4. The van der Waals surface area contributed by atoms with Crippen LogP contribution in [-0.2, 0) is 22.6 Å². The molecule has 1 aromatic rings. The Morgan fingerprint density at radius 3 is 2.58 bits per heavy atom. The normalized spacial score (nSPS) is 13.6. The van der Waals surface area contributed by atoms with Crippen molar-refractivity contribution in [2.75, 3.05) is 7.11 Å². The van der Waals surface area contributed by atoms with Crippen molar-refractivity contribution in [3.63, 3.8) is 0 Å². The number of carbonyl (C=O) groups excluding carboxylic acids is 1. The summed E-state index contributed by atoms with van der Waals surface area (Å²) < 4.78 is 10.5. The number of rotatable bonds is 7. The Morgan fingerprint density at radius 1 is 1.33 bits per heavy atom. The number of phenolic OH excluding ortho intramolecular Hbond substituents is 1. The van der Waals surface area contributed by atoms with Crippen molar-refractivity contribution in [1.29, 1.82) is 0 Å². The average molecular weight is 336 g/mol. The molecule has 0 saturated carbocycles. The fourth-order valence-electron chi connectivity index (χ4n) is 3.10. The predicted molar refractivity (Wildman–Crippen MR) is 87.5 cm³/mol. The van der Waals surface area contributed by atoms with Crippen molar-refractivity contribution in [2.24, 2.45) is 5.41 Å². The zero-order valence-electron chi connectivity index (χ0n) is 14.6. The smallest absolute Gasteiger partial charge is 0.342 e. The number of fused-ring (bicyclic) bond motifs is 1. The predicted octanol–water partition coefficient (Wildman–Crippen LogP) is 3.20. The molecule has 0 atom stereocenters. The summed E-state index contributed by atoms with van der Waals surface area (Å²) in [6.45, 7) is 5.98. The van der Waals surface area contributed by atoms with Gasteiger partial charge in [0.2, 0.25) is 0 Å². The number of methoxy groups -OCH3 is 1. The van der Waals surface area contributed by atoms with Crippen LogP contribution in [0.2, 0.25) is 0 Å². The van der Waals surface area contributed by atoms with Gasteiger partial charge < -0.3 is 19.7 Å². The van der Waals surface area contributed by atoms with Crippen molar-refractivity contribution >= 4 is 11.9 Å². The van der Waals surface area contributed by atoms with Gasteiger partial charge in [-0.2, -0.15) is 0 Å². The van der Waals surface area contributed by atoms with Gasteiger partial charge in [-0.3, -0.25) is 4.79 Å². The summed E-state index contributed by atoms with van der Waals surface area (Å²) in [5.41, 5.74) is 2.07. The van der Waals surface area contributed by atoms with Gasteiger partial charge in [-0.25, -0.2) is 4.79 Å². The highest BCUT2D eigenvalue weighted by molar-refractivity contribution is 5.98. The van der Waals surface area contributed by atoms with Crippen molar-refractivity contribution in [3.05, 3.63) is 22.3 Å². The van der Waals surface area contributed by atoms with E-state index < -0.39 is 11.9 Å². The Balaban J connectivity index is 2.30. The van der Waals surface area contributed by atoms with Crippen LogP contribution in [0.25, 0.3) is 0 Å². The van der Waals surface area contributed by atoms with E-state index in [1.165, 1.54) is 7.11 Å². The topological polar surface area (TPSA) is 93.1 Å². The summed E-state index contributed by atoms with van der Waals surface area (Å²) in [6.07, 6.45) is 1.80. The molecule has 0 aromatic heterocycles. The van der Waals surface area contributed by atoms with Crippen molar-refractivity contribution < 1.29 is 29.3 Å². The number of cyclic esters (lactones) is 1. The summed E-state index contributed by atoms with van der Waals surface area (Å²) in [4.78, 5) is 22.7. The Labute approximate surface area is 141 Å². The highest BCUT2D eigenvalue weighted by Gasteiger charge is 2.32. The zero-order valence-corrected chi connectivity index (χ0v) is 14.6. The number of phenols is 1. The molecule has 0 spiro atoms. The van der Waals surface area contributed by atoms with E-state index in [1.807, 2.05) is 20.8 Å². The first kappa shape index (κ1) is 18.1. The van der Waals surface area contributed by atoms with E-state index in [-0.39, 0.29) is 29.8 Å². The van der Waals surface area contributed by atoms with E-state index >= 15 is 0 Å². The molecule has 0 unspecified atom stereocenters. The lowest BCUT2D eigenvalue weighted by Crippen LogP contribution is -2.15. The Hall–Kier alpha value is -2.24. The third-order valence-electron chi connectivity index (χ3n) is 4.72. The number of ether oxygens (including phenoxy) is 2. The number of carboxylic acid groups (broad SMARTS) is 1. The largest absolute Gasteiger partial charge is 0.507 e. The summed E-state index contributed by atoms with van der Waals surface area (Å²) in [5.74, 6) is -0.846. The number of carbonyl (C=O) groups is 2. The average Bonchev–Trinajstić information content (AvgIpc) is 2.90. The summed E-state index contributed by atoms with van der Waals surface area (Å²) in [7, 11) is 1.53. The number of benzene rings is 1. The minimum absolute atomic E-state index is 0.0796. The van der Waals surface area contributed by atoms with Crippen LogP contribution < -0.4 is 4.74 Å². The van der Waals surface area contributed by atoms with Crippen LogP contribution >= 0.6 is 0 Å². The molecule has 2 rings (SSSR count). The highest BCUT2D eigenvalue weighted by Crippen LogP contribution is 2.43. The fourth-order valence-corrected chi connectivity index (χ4v) is 3.10. The molecule has 24 heavy (non-hydrogen) atoms. The number of aliphatic carboxylic acids is 1. The van der Waals surface area contributed by atoms with Gasteiger partial charge >= 0.3 is 11.9 Å². The Bertz CT molecular complexity index is 675. The maximum absolute atomic E-state index is 11.9. The molecule has 1 heterocycles. The third-order valence-corrected chi connectivity index (χ3v) is 4.72. The monoisotopic (exact) mass is 336 g/mol. The van der Waals surface area contributed by atoms with Gasteiger partial charge in [0.25, 0.3) is 0 Å². The lowest BCUT2D eigenvalue weighted by atomic mass is 9.81. The maximum atomic E-state index is 11.9. The van der Waals surface area contributed by atoms with Crippen LogP contribution in [0.15, 0.2) is 0 Å². The second-order valence-corrected chi connectivity index (χ2v) is 6.97. The van der Waals surface area contributed by atoms with E-state index in [2.05, 4.69) is 0 Å². The van der Waals surface area contributed by atoms with Gasteiger partial charge in [0.1, 0.15) is 23.7 Å². The lowest BCUT2D eigenvalue weighted by Gasteiger charge is -2.25. The van der Waals surface area contributed by atoms with Gasteiger partial charge in [-0.1, -0.05) is 13.8 Å². The molecule has 1 aliphatic rings. The van der Waals surface area contributed by atoms with E-state index in [0.717, 1.165) is 5.56 Å². The molecular formula is C18H24O6. The van der Waals surface area contributed by atoms with Crippen molar-refractivity contribution in [2.45, 2.75) is 53.1 Å². The molecule has 0 aliphatic carbocycles. The van der Waals surface area contributed by atoms with Crippen LogP contribution in [0.1, 0.15) is 60.2 Å². The number of aromatic hydroxyl groups is 1. The standard InChI is InChI=1S/C18H24O6/c1-10-12-9-24-17(22)14(12)15(21)11(16(10)23-4)5-7-18(2,3)8-6-13(19)20/h21H,5-9H2,1-4H3,(H,19,20). The summed E-state index contributed by atoms with van der Waals surface area (Å²) in [6, 6.07) is 0. The SMILES string of the molecule is COc1c(C)c2c(c(O)c1CCC(C)(C)CCC(=O)O)C(=O)OC2. The van der Waals surface area contributed by atoms with Gasteiger partial charge in [0.05, 0.1) is 7.11 Å². The molecule has 6 nitrogen and oxygen atoms in total. The molecule has 1 aromatic carbocycles. The molecule has 0 bridgehead atoms. The molecular weight excluding hydrogens is 312 g/mol. The minimum Gasteiger partial charge on any atom is -0.507 e. The zero-order chi connectivity index (χ0) is 18.1. The first-order chi connectivity index (χ1) is 11.2. The van der Waals surface area contributed by atoms with Gasteiger partial charge in [-0.05, 0) is 37.2 Å². The van der Waals surface area contributed by atoms with E-state index in [4.69, 9.17) is 14.6 Å². The van der Waals surface area contributed by atoms with Gasteiger partial charge in [-0.15, -0.1) is 0 Å². The Kier molecular flexibility index (Phi) is 5.06. The molecule has 0 amide bonds. The van der Waals surface area contributed by atoms with Crippen LogP contribution in [-0.4, -0.2) is 29.3 Å². The molecule has 0 radical (unpaired) electrons. The quantitative estimate of drug-likeness (QED) is 0.743. The Morgan fingerprint density at radius 2 is 2.00 bits per heavy atom. The van der Waals surface area contributed by atoms with E-state index in [1.54, 1.807) is 0 Å². The third kappa shape index (κ3) is 3.47. The molecule has 132 valence electrons. The van der Waals surface area contributed by atoms with Crippen LogP contribution in [0.3, 0.4) is 0 Å². The lowest BCUT2D eigenvalue weighted by molar-refractivity contribution is -0.137. The van der Waals surface area contributed by atoms with Crippen molar-refractivity contribution in [1.82, 2.24) is 0 Å². The van der Waals surface area contributed by atoms with Gasteiger partial charge in [0.15, 0.2) is 0 Å². The van der Waals surface area contributed by atoms with E-state index in [0.29, 0.717) is 36.1 Å². The highest BCUT2D eigenvalue weighted by atomic mass is 16.5. The first-order valence-corrected chi connectivity index (χ1v) is 7.98. The van der Waals surface area contributed by atoms with Gasteiger partial charge in [0, 0.05) is 17.5 Å². The second kappa shape index (κ2) is 6.71. The second-order valence-electron chi connectivity index (χ2n) is 6.97. The molecule has 2 N–H and O–H groups in total. The first-order valence-electron chi connectivity index (χ1n) is 7.98. The fraction of sp³-hybridized carbons (Fsp3) is 0.556.